The van der Waals surface area contributed by atoms with Gasteiger partial charge in [0.1, 0.15) is 0 Å². The van der Waals surface area contributed by atoms with Crippen LogP contribution in [0.1, 0.15) is 35.1 Å². The van der Waals surface area contributed by atoms with Gasteiger partial charge in [0.25, 0.3) is 0 Å². The van der Waals surface area contributed by atoms with Crippen LogP contribution in [0.3, 0.4) is 0 Å². The Balaban J connectivity index is 1.48. The number of likely N-dealkylation sites (tertiary alicyclic amines) is 1. The monoisotopic (exact) mass is 363 g/mol. The van der Waals surface area contributed by atoms with Gasteiger partial charge in [-0.2, -0.15) is 0 Å². The number of urea groups is 1. The normalized spacial score (nSPS) is 20.0. The number of sulfonamides is 1. The molecule has 3 aliphatic rings. The van der Waals surface area contributed by atoms with E-state index in [4.69, 9.17) is 0 Å². The number of hydrogen-bond acceptors (Lipinski definition) is 4. The molecule has 0 bridgehead atoms. The van der Waals surface area contributed by atoms with E-state index in [0.29, 0.717) is 0 Å². The molecule has 0 atom stereocenters. The molecule has 0 radical (unpaired) electrons. The second-order valence-electron chi connectivity index (χ2n) is 7.66. The molecule has 25 heavy (non-hydrogen) atoms. The molecule has 136 valence electrons. The number of rotatable bonds is 4. The molecule has 1 fully saturated rings. The largest absolute Gasteiger partial charge is 0.332 e. The summed E-state index contributed by atoms with van der Waals surface area (Å²) in [6.07, 6.45) is 6.21. The van der Waals surface area contributed by atoms with Crippen LogP contribution in [0.2, 0.25) is 0 Å². The van der Waals surface area contributed by atoms with Gasteiger partial charge in [-0.1, -0.05) is 6.07 Å². The summed E-state index contributed by atoms with van der Waals surface area (Å²) in [6, 6.07) is 1.67. The molecule has 0 aromatic heterocycles. The van der Waals surface area contributed by atoms with Gasteiger partial charge in [-0.25, -0.2) is 17.9 Å². The molecule has 0 unspecified atom stereocenters. The summed E-state index contributed by atoms with van der Waals surface area (Å²) in [5.74, 6) is 0.121. The van der Waals surface area contributed by atoms with Crippen LogP contribution in [0.25, 0.3) is 0 Å². The van der Waals surface area contributed by atoms with Crippen molar-refractivity contribution in [3.63, 3.8) is 0 Å². The maximum absolute atomic E-state index is 12.4. The Kier molecular flexibility index (Phi) is 4.24. The SMILES string of the molecule is CN1CC(CS(=O)(=O)NC(=O)Nc2c3c(cc4c2CCC4)CCC3)C1. The maximum Gasteiger partial charge on any atom is 0.332 e. The lowest BCUT2D eigenvalue weighted by Crippen LogP contribution is -2.49. The van der Waals surface area contributed by atoms with E-state index in [-0.39, 0.29) is 11.7 Å². The first-order valence-electron chi connectivity index (χ1n) is 9.08. The molecule has 1 heterocycles. The number of benzene rings is 1. The summed E-state index contributed by atoms with van der Waals surface area (Å²) in [4.78, 5) is 14.4. The number of hydrogen-bond donors (Lipinski definition) is 2. The number of amides is 2. The van der Waals surface area contributed by atoms with Crippen molar-refractivity contribution >= 4 is 21.7 Å². The summed E-state index contributed by atoms with van der Waals surface area (Å²) in [6.45, 7) is 1.53. The number of anilines is 1. The highest BCUT2D eigenvalue weighted by Gasteiger charge is 2.30. The second kappa shape index (κ2) is 6.29. The average molecular weight is 363 g/mol. The molecule has 1 aromatic carbocycles. The van der Waals surface area contributed by atoms with E-state index < -0.39 is 16.1 Å². The van der Waals surface area contributed by atoms with Gasteiger partial charge in [0.2, 0.25) is 10.0 Å². The van der Waals surface area contributed by atoms with E-state index in [2.05, 4.69) is 21.0 Å². The van der Waals surface area contributed by atoms with Gasteiger partial charge in [0.05, 0.1) is 5.75 Å². The fraction of sp³-hybridized carbons (Fsp3) is 0.611. The smallest absolute Gasteiger partial charge is 0.307 e. The summed E-state index contributed by atoms with van der Waals surface area (Å²) in [7, 11) is -1.64. The van der Waals surface area contributed by atoms with Gasteiger partial charge in [-0.3, -0.25) is 0 Å². The topological polar surface area (TPSA) is 78.5 Å². The minimum Gasteiger partial charge on any atom is -0.307 e. The van der Waals surface area contributed by atoms with Crippen LogP contribution >= 0.6 is 0 Å². The predicted octanol–water partition coefficient (Wildman–Crippen LogP) is 1.68. The second-order valence-corrected chi connectivity index (χ2v) is 9.43. The van der Waals surface area contributed by atoms with E-state index in [1.807, 2.05) is 7.05 Å². The third-order valence-corrected chi connectivity index (χ3v) is 6.96. The number of fused-ring (bicyclic) bond motifs is 2. The van der Waals surface area contributed by atoms with Crippen molar-refractivity contribution in [2.24, 2.45) is 5.92 Å². The minimum absolute atomic E-state index is 0.00969. The molecule has 1 aliphatic heterocycles. The van der Waals surface area contributed by atoms with Crippen LogP contribution in [-0.4, -0.2) is 45.2 Å². The van der Waals surface area contributed by atoms with Gasteiger partial charge in [0, 0.05) is 18.8 Å². The molecule has 2 N–H and O–H groups in total. The minimum atomic E-state index is -3.60. The van der Waals surface area contributed by atoms with Crippen LogP contribution in [0, 0.1) is 5.92 Å². The highest BCUT2D eigenvalue weighted by molar-refractivity contribution is 7.90. The van der Waals surface area contributed by atoms with Gasteiger partial charge in [-0.05, 0) is 73.7 Å². The van der Waals surface area contributed by atoms with Crippen LogP contribution in [0.4, 0.5) is 10.5 Å². The number of carbonyl (C=O) groups excluding carboxylic acids is 1. The van der Waals surface area contributed by atoms with Gasteiger partial charge >= 0.3 is 6.03 Å². The van der Waals surface area contributed by atoms with Gasteiger partial charge < -0.3 is 10.2 Å². The molecule has 2 amide bonds. The van der Waals surface area contributed by atoms with Crippen molar-refractivity contribution in [2.75, 3.05) is 31.2 Å². The predicted molar refractivity (Wildman–Crippen MR) is 97.4 cm³/mol. The van der Waals surface area contributed by atoms with E-state index in [0.717, 1.165) is 57.3 Å². The average Bonchev–Trinajstić information content (AvgIpc) is 3.12. The Hall–Kier alpha value is -1.60. The van der Waals surface area contributed by atoms with Crippen LogP contribution < -0.4 is 10.0 Å². The summed E-state index contributed by atoms with van der Waals surface area (Å²) in [5.41, 5.74) is 5.91. The molecule has 4 rings (SSSR count). The highest BCUT2D eigenvalue weighted by atomic mass is 32.2. The Bertz CT molecular complexity index is 781. The lowest BCUT2D eigenvalue weighted by atomic mass is 9.99. The number of carbonyl (C=O) groups is 1. The summed E-state index contributed by atoms with van der Waals surface area (Å²) < 4.78 is 26.6. The molecule has 0 saturated carbocycles. The number of nitrogens with one attached hydrogen (secondary N) is 2. The van der Waals surface area contributed by atoms with E-state index in [1.54, 1.807) is 0 Å². The van der Waals surface area contributed by atoms with Crippen molar-refractivity contribution in [3.8, 4) is 0 Å². The Morgan fingerprint density at radius 2 is 1.72 bits per heavy atom. The Labute approximate surface area is 149 Å². The quantitative estimate of drug-likeness (QED) is 0.853. The lowest BCUT2D eigenvalue weighted by molar-refractivity contribution is 0.151. The zero-order valence-corrected chi connectivity index (χ0v) is 15.4. The van der Waals surface area contributed by atoms with Crippen molar-refractivity contribution < 1.29 is 13.2 Å². The molecule has 1 saturated heterocycles. The van der Waals surface area contributed by atoms with Crippen molar-refractivity contribution in [3.05, 3.63) is 28.3 Å². The fourth-order valence-corrected chi connectivity index (χ4v) is 5.78. The van der Waals surface area contributed by atoms with Crippen molar-refractivity contribution in [1.29, 1.82) is 0 Å². The zero-order valence-electron chi connectivity index (χ0n) is 14.6. The third-order valence-electron chi connectivity index (χ3n) is 5.55. The van der Waals surface area contributed by atoms with Gasteiger partial charge in [0.15, 0.2) is 0 Å². The molecule has 2 aliphatic carbocycles. The third kappa shape index (κ3) is 3.40. The molecule has 1 aromatic rings. The van der Waals surface area contributed by atoms with E-state index in [1.165, 1.54) is 22.3 Å². The molecular weight excluding hydrogens is 338 g/mol. The van der Waals surface area contributed by atoms with E-state index in [9.17, 15) is 13.2 Å². The highest BCUT2D eigenvalue weighted by Crippen LogP contribution is 2.38. The van der Waals surface area contributed by atoms with Crippen LogP contribution in [0.5, 0.6) is 0 Å². The fourth-order valence-electron chi connectivity index (χ4n) is 4.53. The molecule has 0 spiro atoms. The van der Waals surface area contributed by atoms with Gasteiger partial charge in [-0.15, -0.1) is 0 Å². The summed E-state index contributed by atoms with van der Waals surface area (Å²) >= 11 is 0. The Morgan fingerprint density at radius 1 is 1.12 bits per heavy atom. The maximum atomic E-state index is 12.4. The van der Waals surface area contributed by atoms with Crippen molar-refractivity contribution in [1.82, 2.24) is 9.62 Å². The summed E-state index contributed by atoms with van der Waals surface area (Å²) in [5, 5.41) is 2.88. The standard InChI is InChI=1S/C18H25N3O3S/c1-21-9-12(10-21)11-25(23,24)20-18(22)19-17-15-6-2-4-13(15)8-14-5-3-7-16(14)17/h8,12H,2-7,9-11H2,1H3,(H2,19,20,22). The molecular formula is C18H25N3O3S. The van der Waals surface area contributed by atoms with Crippen LogP contribution in [0.15, 0.2) is 6.07 Å². The number of aryl methyl sites for hydroxylation is 2. The molecule has 7 heteroatoms. The first kappa shape index (κ1) is 16.8. The first-order chi connectivity index (χ1) is 11.9. The molecule has 6 nitrogen and oxygen atoms in total. The lowest BCUT2D eigenvalue weighted by Gasteiger charge is -2.35. The number of nitrogens with zero attached hydrogens (tertiary/aromatic N) is 1. The zero-order chi connectivity index (χ0) is 17.6. The first-order valence-corrected chi connectivity index (χ1v) is 10.7. The van der Waals surface area contributed by atoms with Crippen LogP contribution in [-0.2, 0) is 35.7 Å². The van der Waals surface area contributed by atoms with E-state index >= 15 is 0 Å². The van der Waals surface area contributed by atoms with Crippen molar-refractivity contribution in [2.45, 2.75) is 38.5 Å². The Morgan fingerprint density at radius 3 is 2.28 bits per heavy atom.